The Morgan fingerprint density at radius 2 is 2.24 bits per heavy atom. The van der Waals surface area contributed by atoms with E-state index in [2.05, 4.69) is 19.2 Å². The maximum atomic E-state index is 13.1. The van der Waals surface area contributed by atoms with Gasteiger partial charge in [0.25, 0.3) is 0 Å². The second kappa shape index (κ2) is 5.63. The van der Waals surface area contributed by atoms with Gasteiger partial charge in [-0.05, 0) is 49.8 Å². The Balaban J connectivity index is 1.86. The quantitative estimate of drug-likeness (QED) is 0.841. The highest BCUT2D eigenvalue weighted by atomic mass is 19.1. The van der Waals surface area contributed by atoms with Gasteiger partial charge in [-0.2, -0.15) is 0 Å². The molecule has 94 valence electrons. The van der Waals surface area contributed by atoms with Crippen LogP contribution in [0.1, 0.15) is 38.7 Å². The molecule has 2 heteroatoms. The minimum Gasteiger partial charge on any atom is -0.311 e. The molecule has 1 aromatic carbocycles. The highest BCUT2D eigenvalue weighted by Crippen LogP contribution is 2.25. The van der Waals surface area contributed by atoms with Crippen LogP contribution in [0, 0.1) is 11.7 Å². The summed E-state index contributed by atoms with van der Waals surface area (Å²) in [4.78, 5) is 0. The van der Waals surface area contributed by atoms with Gasteiger partial charge in [-0.3, -0.25) is 0 Å². The summed E-state index contributed by atoms with van der Waals surface area (Å²) >= 11 is 0. The molecule has 0 amide bonds. The van der Waals surface area contributed by atoms with Crippen molar-refractivity contribution in [3.05, 3.63) is 35.6 Å². The van der Waals surface area contributed by atoms with Crippen molar-refractivity contribution in [3.8, 4) is 0 Å². The van der Waals surface area contributed by atoms with Crippen molar-refractivity contribution < 1.29 is 4.39 Å². The van der Waals surface area contributed by atoms with Crippen LogP contribution in [0.5, 0.6) is 0 Å². The minimum atomic E-state index is -0.135. The van der Waals surface area contributed by atoms with E-state index in [1.165, 1.54) is 25.3 Å². The third kappa shape index (κ3) is 3.53. The first kappa shape index (κ1) is 12.6. The van der Waals surface area contributed by atoms with Gasteiger partial charge in [0.1, 0.15) is 5.82 Å². The van der Waals surface area contributed by atoms with Crippen LogP contribution in [0.2, 0.25) is 0 Å². The molecular formula is C15H22FN. The number of halogens is 1. The Hall–Kier alpha value is -0.890. The van der Waals surface area contributed by atoms with Crippen LogP contribution in [-0.2, 0) is 6.42 Å². The molecule has 3 atom stereocenters. The number of nitrogens with one attached hydrogen (secondary N) is 1. The molecule has 1 saturated carbocycles. The predicted molar refractivity (Wildman–Crippen MR) is 69.5 cm³/mol. The van der Waals surface area contributed by atoms with Crippen molar-refractivity contribution in [2.24, 2.45) is 5.92 Å². The zero-order valence-corrected chi connectivity index (χ0v) is 10.7. The van der Waals surface area contributed by atoms with E-state index in [1.54, 1.807) is 12.1 Å². The van der Waals surface area contributed by atoms with Crippen LogP contribution in [-0.4, -0.2) is 12.1 Å². The zero-order chi connectivity index (χ0) is 12.3. The van der Waals surface area contributed by atoms with E-state index in [0.717, 1.165) is 17.9 Å². The molecule has 0 heterocycles. The Labute approximate surface area is 103 Å². The van der Waals surface area contributed by atoms with E-state index in [4.69, 9.17) is 0 Å². The highest BCUT2D eigenvalue weighted by molar-refractivity contribution is 5.17. The van der Waals surface area contributed by atoms with Crippen LogP contribution >= 0.6 is 0 Å². The molecule has 3 unspecified atom stereocenters. The Morgan fingerprint density at radius 1 is 1.41 bits per heavy atom. The monoisotopic (exact) mass is 235 g/mol. The zero-order valence-electron chi connectivity index (χ0n) is 10.7. The number of benzene rings is 1. The summed E-state index contributed by atoms with van der Waals surface area (Å²) in [5.41, 5.74) is 1.08. The molecule has 1 nitrogen and oxygen atoms in total. The van der Waals surface area contributed by atoms with Crippen molar-refractivity contribution in [2.75, 3.05) is 0 Å². The molecule has 0 aliphatic heterocycles. The van der Waals surface area contributed by atoms with Crippen molar-refractivity contribution in [2.45, 2.75) is 51.6 Å². The Kier molecular flexibility index (Phi) is 4.16. The molecule has 1 N–H and O–H groups in total. The fraction of sp³-hybridized carbons (Fsp3) is 0.600. The third-order valence-electron chi connectivity index (χ3n) is 3.79. The minimum absolute atomic E-state index is 0.135. The Morgan fingerprint density at radius 3 is 2.88 bits per heavy atom. The molecule has 0 spiro atoms. The Bertz CT molecular complexity index is 364. The van der Waals surface area contributed by atoms with Gasteiger partial charge in [-0.25, -0.2) is 4.39 Å². The van der Waals surface area contributed by atoms with Gasteiger partial charge >= 0.3 is 0 Å². The molecule has 0 bridgehead atoms. The SMILES string of the molecule is CC(Cc1cccc(F)c1)NC1CCCC1C. The summed E-state index contributed by atoms with van der Waals surface area (Å²) < 4.78 is 13.1. The molecule has 0 saturated heterocycles. The summed E-state index contributed by atoms with van der Waals surface area (Å²) in [6.45, 7) is 4.51. The standard InChI is InChI=1S/C15H22FN/c1-11-5-3-8-15(11)17-12(2)9-13-6-4-7-14(16)10-13/h4,6-7,10-12,15,17H,3,5,8-9H2,1-2H3. The highest BCUT2D eigenvalue weighted by Gasteiger charge is 2.24. The van der Waals surface area contributed by atoms with Gasteiger partial charge in [0.15, 0.2) is 0 Å². The maximum absolute atomic E-state index is 13.1. The van der Waals surface area contributed by atoms with Crippen molar-refractivity contribution >= 4 is 0 Å². The topological polar surface area (TPSA) is 12.0 Å². The normalized spacial score (nSPS) is 26.1. The molecule has 1 fully saturated rings. The van der Waals surface area contributed by atoms with Crippen LogP contribution in [0.3, 0.4) is 0 Å². The first-order valence-electron chi connectivity index (χ1n) is 6.65. The smallest absolute Gasteiger partial charge is 0.123 e. The lowest BCUT2D eigenvalue weighted by atomic mass is 10.0. The van der Waals surface area contributed by atoms with E-state index in [-0.39, 0.29) is 5.82 Å². The molecule has 17 heavy (non-hydrogen) atoms. The van der Waals surface area contributed by atoms with E-state index < -0.39 is 0 Å². The third-order valence-corrected chi connectivity index (χ3v) is 3.79. The van der Waals surface area contributed by atoms with E-state index in [0.29, 0.717) is 12.1 Å². The summed E-state index contributed by atoms with van der Waals surface area (Å²) in [6, 6.07) is 7.99. The largest absolute Gasteiger partial charge is 0.311 e. The van der Waals surface area contributed by atoms with Gasteiger partial charge in [0.2, 0.25) is 0 Å². The van der Waals surface area contributed by atoms with Crippen molar-refractivity contribution in [3.63, 3.8) is 0 Å². The predicted octanol–water partition coefficient (Wildman–Crippen LogP) is 3.53. The molecule has 1 aromatic rings. The summed E-state index contributed by atoms with van der Waals surface area (Å²) in [5.74, 6) is 0.647. The van der Waals surface area contributed by atoms with Gasteiger partial charge in [0, 0.05) is 12.1 Å². The lowest BCUT2D eigenvalue weighted by molar-refractivity contribution is 0.381. The van der Waals surface area contributed by atoms with E-state index in [1.807, 2.05) is 6.07 Å². The van der Waals surface area contributed by atoms with Gasteiger partial charge in [-0.1, -0.05) is 25.5 Å². The number of hydrogen-bond donors (Lipinski definition) is 1. The van der Waals surface area contributed by atoms with Crippen LogP contribution in [0.25, 0.3) is 0 Å². The number of hydrogen-bond acceptors (Lipinski definition) is 1. The van der Waals surface area contributed by atoms with Crippen molar-refractivity contribution in [1.29, 1.82) is 0 Å². The molecule has 1 aliphatic carbocycles. The first-order chi connectivity index (χ1) is 8.15. The van der Waals surface area contributed by atoms with E-state index in [9.17, 15) is 4.39 Å². The van der Waals surface area contributed by atoms with Gasteiger partial charge in [-0.15, -0.1) is 0 Å². The van der Waals surface area contributed by atoms with Crippen LogP contribution in [0.15, 0.2) is 24.3 Å². The van der Waals surface area contributed by atoms with Gasteiger partial charge < -0.3 is 5.32 Å². The average Bonchev–Trinajstić information content (AvgIpc) is 2.64. The summed E-state index contributed by atoms with van der Waals surface area (Å²) in [6.07, 6.45) is 4.87. The van der Waals surface area contributed by atoms with E-state index >= 15 is 0 Å². The fourth-order valence-electron chi connectivity index (χ4n) is 2.83. The van der Waals surface area contributed by atoms with Gasteiger partial charge in [0.05, 0.1) is 0 Å². The molecular weight excluding hydrogens is 213 g/mol. The number of rotatable bonds is 4. The molecule has 1 aliphatic rings. The summed E-state index contributed by atoms with van der Waals surface area (Å²) in [7, 11) is 0. The second-order valence-electron chi connectivity index (χ2n) is 5.42. The second-order valence-corrected chi connectivity index (χ2v) is 5.42. The molecule has 2 rings (SSSR count). The lowest BCUT2D eigenvalue weighted by Gasteiger charge is -2.23. The van der Waals surface area contributed by atoms with Crippen molar-refractivity contribution in [1.82, 2.24) is 5.32 Å². The molecule has 0 aromatic heterocycles. The first-order valence-corrected chi connectivity index (χ1v) is 6.65. The average molecular weight is 235 g/mol. The maximum Gasteiger partial charge on any atom is 0.123 e. The van der Waals surface area contributed by atoms with Crippen LogP contribution in [0.4, 0.5) is 4.39 Å². The fourth-order valence-corrected chi connectivity index (χ4v) is 2.83. The van der Waals surface area contributed by atoms with Crippen LogP contribution < -0.4 is 5.32 Å². The lowest BCUT2D eigenvalue weighted by Crippen LogP contribution is -2.39. The molecule has 0 radical (unpaired) electrons. The summed E-state index contributed by atoms with van der Waals surface area (Å²) in [5, 5.41) is 3.67.